The summed E-state index contributed by atoms with van der Waals surface area (Å²) < 4.78 is 14.2. The van der Waals surface area contributed by atoms with E-state index in [0.29, 0.717) is 0 Å². The fourth-order valence-electron chi connectivity index (χ4n) is 1.49. The molecule has 1 aliphatic carbocycles. The summed E-state index contributed by atoms with van der Waals surface area (Å²) in [5.41, 5.74) is 0.147. The number of carbonyl (C=O) groups is 1. The Bertz CT molecular complexity index is 390. The van der Waals surface area contributed by atoms with E-state index in [9.17, 15) is 9.18 Å². The van der Waals surface area contributed by atoms with Crippen molar-refractivity contribution in [3.63, 3.8) is 0 Å². The molecule has 1 aromatic rings. The van der Waals surface area contributed by atoms with Gasteiger partial charge in [-0.2, -0.15) is 0 Å². The highest BCUT2D eigenvalue weighted by atomic mass is 127. The molecule has 1 aliphatic rings. The molecule has 0 radical (unpaired) electrons. The van der Waals surface area contributed by atoms with E-state index in [1.165, 1.54) is 6.07 Å². The SMILES string of the molecule is O=C(NC1CCC1)c1cc(I)ccc1F. The summed E-state index contributed by atoms with van der Waals surface area (Å²) in [5, 5.41) is 2.82. The Balaban J connectivity index is 2.12. The van der Waals surface area contributed by atoms with Crippen molar-refractivity contribution in [2.75, 3.05) is 0 Å². The second-order valence-corrected chi connectivity index (χ2v) is 4.97. The van der Waals surface area contributed by atoms with Crippen molar-refractivity contribution in [3.8, 4) is 0 Å². The summed E-state index contributed by atoms with van der Waals surface area (Å²) in [4.78, 5) is 11.7. The molecule has 0 bridgehead atoms. The average molecular weight is 319 g/mol. The van der Waals surface area contributed by atoms with Crippen molar-refractivity contribution < 1.29 is 9.18 Å². The molecule has 0 unspecified atom stereocenters. The normalized spacial score (nSPS) is 15.9. The minimum absolute atomic E-state index is 0.147. The van der Waals surface area contributed by atoms with E-state index in [4.69, 9.17) is 0 Å². The Labute approximate surface area is 101 Å². The smallest absolute Gasteiger partial charge is 0.254 e. The largest absolute Gasteiger partial charge is 0.349 e. The van der Waals surface area contributed by atoms with Crippen molar-refractivity contribution in [2.24, 2.45) is 0 Å². The van der Waals surface area contributed by atoms with Gasteiger partial charge in [-0.3, -0.25) is 4.79 Å². The Morgan fingerprint density at radius 1 is 1.47 bits per heavy atom. The van der Waals surface area contributed by atoms with Gasteiger partial charge in [0, 0.05) is 9.61 Å². The van der Waals surface area contributed by atoms with Gasteiger partial charge in [0.25, 0.3) is 5.91 Å². The number of amides is 1. The lowest BCUT2D eigenvalue weighted by atomic mass is 9.93. The number of benzene rings is 1. The van der Waals surface area contributed by atoms with Crippen molar-refractivity contribution in [1.82, 2.24) is 5.32 Å². The predicted molar refractivity (Wildman–Crippen MR) is 64.2 cm³/mol. The van der Waals surface area contributed by atoms with E-state index >= 15 is 0 Å². The molecule has 2 rings (SSSR count). The van der Waals surface area contributed by atoms with Gasteiger partial charge in [-0.25, -0.2) is 4.39 Å². The second-order valence-electron chi connectivity index (χ2n) is 3.73. The summed E-state index contributed by atoms with van der Waals surface area (Å²) in [6, 6.07) is 4.80. The third-order valence-corrected chi connectivity index (χ3v) is 3.28. The lowest BCUT2D eigenvalue weighted by molar-refractivity contribution is 0.0913. The fraction of sp³-hybridized carbons (Fsp3) is 0.364. The van der Waals surface area contributed by atoms with Crippen LogP contribution in [0.5, 0.6) is 0 Å². The number of carbonyl (C=O) groups excluding carboxylic acids is 1. The number of hydrogen-bond acceptors (Lipinski definition) is 1. The molecular weight excluding hydrogens is 308 g/mol. The molecule has 80 valence electrons. The topological polar surface area (TPSA) is 29.1 Å². The van der Waals surface area contributed by atoms with Crippen molar-refractivity contribution in [3.05, 3.63) is 33.1 Å². The first kappa shape index (κ1) is 10.9. The average Bonchev–Trinajstić information content (AvgIpc) is 2.15. The minimum atomic E-state index is -0.452. The quantitative estimate of drug-likeness (QED) is 0.835. The van der Waals surface area contributed by atoms with Crippen LogP contribution < -0.4 is 5.32 Å². The van der Waals surface area contributed by atoms with Gasteiger partial charge in [-0.15, -0.1) is 0 Å². The van der Waals surface area contributed by atoms with Gasteiger partial charge < -0.3 is 5.32 Å². The van der Waals surface area contributed by atoms with E-state index < -0.39 is 5.82 Å². The van der Waals surface area contributed by atoms with E-state index in [-0.39, 0.29) is 17.5 Å². The molecule has 0 aromatic heterocycles. The third kappa shape index (κ3) is 2.48. The molecule has 1 aromatic carbocycles. The van der Waals surface area contributed by atoms with Crippen LogP contribution >= 0.6 is 22.6 Å². The Morgan fingerprint density at radius 2 is 2.20 bits per heavy atom. The molecule has 1 N–H and O–H groups in total. The molecule has 0 spiro atoms. The van der Waals surface area contributed by atoms with Gasteiger partial charge in [0.15, 0.2) is 0 Å². The summed E-state index contributed by atoms with van der Waals surface area (Å²) in [6.45, 7) is 0. The fourth-order valence-corrected chi connectivity index (χ4v) is 1.98. The lowest BCUT2D eigenvalue weighted by Gasteiger charge is -2.26. The van der Waals surface area contributed by atoms with Crippen molar-refractivity contribution >= 4 is 28.5 Å². The molecule has 4 heteroatoms. The highest BCUT2D eigenvalue weighted by Gasteiger charge is 2.21. The van der Waals surface area contributed by atoms with E-state index in [0.717, 1.165) is 22.8 Å². The number of nitrogens with one attached hydrogen (secondary N) is 1. The van der Waals surface area contributed by atoms with Crippen LogP contribution in [0.15, 0.2) is 18.2 Å². The van der Waals surface area contributed by atoms with Gasteiger partial charge in [-0.1, -0.05) is 0 Å². The molecule has 0 heterocycles. The zero-order valence-corrected chi connectivity index (χ0v) is 10.3. The highest BCUT2D eigenvalue weighted by molar-refractivity contribution is 14.1. The zero-order valence-electron chi connectivity index (χ0n) is 8.09. The molecule has 15 heavy (non-hydrogen) atoms. The van der Waals surface area contributed by atoms with Crippen LogP contribution in [-0.2, 0) is 0 Å². The van der Waals surface area contributed by atoms with Crippen LogP contribution in [0.1, 0.15) is 29.6 Å². The summed E-state index contributed by atoms with van der Waals surface area (Å²) in [7, 11) is 0. The zero-order chi connectivity index (χ0) is 10.8. The van der Waals surface area contributed by atoms with Crippen LogP contribution in [0.25, 0.3) is 0 Å². The van der Waals surface area contributed by atoms with Gasteiger partial charge in [0.1, 0.15) is 5.82 Å². The molecule has 2 nitrogen and oxygen atoms in total. The van der Waals surface area contributed by atoms with E-state index in [1.54, 1.807) is 12.1 Å². The van der Waals surface area contributed by atoms with Crippen LogP contribution in [0.2, 0.25) is 0 Å². The number of hydrogen-bond donors (Lipinski definition) is 1. The van der Waals surface area contributed by atoms with E-state index in [2.05, 4.69) is 27.9 Å². The van der Waals surface area contributed by atoms with E-state index in [1.807, 2.05) is 0 Å². The monoisotopic (exact) mass is 319 g/mol. The maximum Gasteiger partial charge on any atom is 0.254 e. The summed E-state index contributed by atoms with van der Waals surface area (Å²) in [5.74, 6) is -0.747. The first-order chi connectivity index (χ1) is 7.16. The Hall–Kier alpha value is -0.650. The number of halogens is 2. The molecule has 1 saturated carbocycles. The van der Waals surface area contributed by atoms with Crippen LogP contribution in [0, 0.1) is 9.39 Å². The van der Waals surface area contributed by atoms with Gasteiger partial charge in [0.2, 0.25) is 0 Å². The van der Waals surface area contributed by atoms with Gasteiger partial charge >= 0.3 is 0 Å². The minimum Gasteiger partial charge on any atom is -0.349 e. The maximum absolute atomic E-state index is 13.3. The molecule has 0 saturated heterocycles. The first-order valence-electron chi connectivity index (χ1n) is 4.93. The maximum atomic E-state index is 13.3. The molecule has 1 fully saturated rings. The van der Waals surface area contributed by atoms with Crippen LogP contribution in [0.4, 0.5) is 4.39 Å². The van der Waals surface area contributed by atoms with Crippen LogP contribution in [-0.4, -0.2) is 11.9 Å². The first-order valence-corrected chi connectivity index (χ1v) is 6.00. The molecule has 0 atom stereocenters. The third-order valence-electron chi connectivity index (χ3n) is 2.61. The predicted octanol–water partition coefficient (Wildman–Crippen LogP) is 2.71. The van der Waals surface area contributed by atoms with Crippen molar-refractivity contribution in [1.29, 1.82) is 0 Å². The van der Waals surface area contributed by atoms with Crippen molar-refractivity contribution in [2.45, 2.75) is 25.3 Å². The standard InChI is InChI=1S/C11H11FINO/c12-10-5-4-7(13)6-9(10)11(15)14-8-2-1-3-8/h4-6,8H,1-3H2,(H,14,15). The molecular formula is C11H11FINO. The van der Waals surface area contributed by atoms with Gasteiger partial charge in [0.05, 0.1) is 5.56 Å². The number of rotatable bonds is 2. The Morgan fingerprint density at radius 3 is 2.80 bits per heavy atom. The summed E-state index contributed by atoms with van der Waals surface area (Å²) >= 11 is 2.07. The molecule has 0 aliphatic heterocycles. The summed E-state index contributed by atoms with van der Waals surface area (Å²) in [6.07, 6.45) is 3.17. The lowest BCUT2D eigenvalue weighted by Crippen LogP contribution is -2.39. The van der Waals surface area contributed by atoms with Crippen LogP contribution in [0.3, 0.4) is 0 Å². The Kier molecular flexibility index (Phi) is 3.23. The highest BCUT2D eigenvalue weighted by Crippen LogP contribution is 2.19. The van der Waals surface area contributed by atoms with Gasteiger partial charge in [-0.05, 0) is 60.1 Å². The molecule has 1 amide bonds. The second kappa shape index (κ2) is 4.47.